The van der Waals surface area contributed by atoms with Crippen LogP contribution in [0.15, 0.2) is 12.3 Å². The molecule has 0 spiro atoms. The van der Waals surface area contributed by atoms with Gasteiger partial charge in [0.2, 0.25) is 5.91 Å². The number of ether oxygens (including phenoxy) is 1. The van der Waals surface area contributed by atoms with Crippen molar-refractivity contribution in [3.05, 3.63) is 22.3 Å². The minimum Gasteiger partial charge on any atom is -0.380 e. The molecule has 2 fully saturated rings. The Bertz CT molecular complexity index is 564. The zero-order chi connectivity index (χ0) is 15.7. The molecule has 5 nitrogen and oxygen atoms in total. The second-order valence-corrected chi connectivity index (χ2v) is 6.60. The number of carbonyl (C=O) groups excluding carboxylic acids is 1. The lowest BCUT2D eigenvalue weighted by Crippen LogP contribution is -2.45. The zero-order valence-corrected chi connectivity index (χ0v) is 14.0. The van der Waals surface area contributed by atoms with Gasteiger partial charge in [-0.05, 0) is 18.9 Å². The first-order chi connectivity index (χ1) is 10.6. The van der Waals surface area contributed by atoms with Crippen LogP contribution in [-0.2, 0) is 9.53 Å². The van der Waals surface area contributed by atoms with E-state index in [-0.39, 0.29) is 18.1 Å². The molecular weight excluding hydrogens is 325 g/mol. The van der Waals surface area contributed by atoms with E-state index < -0.39 is 0 Å². The lowest BCUT2D eigenvalue weighted by molar-refractivity contribution is -0.131. The highest BCUT2D eigenvalue weighted by Gasteiger charge is 2.40. The fourth-order valence-electron chi connectivity index (χ4n) is 3.20. The van der Waals surface area contributed by atoms with Crippen LogP contribution in [-0.4, -0.2) is 54.7 Å². The molecule has 0 bridgehead atoms. The van der Waals surface area contributed by atoms with Gasteiger partial charge in [-0.1, -0.05) is 23.2 Å². The van der Waals surface area contributed by atoms with Crippen LogP contribution in [0.1, 0.15) is 19.3 Å². The summed E-state index contributed by atoms with van der Waals surface area (Å²) in [5.41, 5.74) is 0. The van der Waals surface area contributed by atoms with Gasteiger partial charge in [0.1, 0.15) is 11.9 Å². The van der Waals surface area contributed by atoms with Gasteiger partial charge in [0.25, 0.3) is 0 Å². The molecule has 2 atom stereocenters. The number of halogens is 2. The number of anilines is 1. The van der Waals surface area contributed by atoms with E-state index in [1.54, 1.807) is 19.4 Å². The number of pyridine rings is 1. The topological polar surface area (TPSA) is 45.7 Å². The van der Waals surface area contributed by atoms with Crippen LogP contribution in [0.4, 0.5) is 5.82 Å². The number of nitrogens with zero attached hydrogens (tertiary/aromatic N) is 3. The fourth-order valence-corrected chi connectivity index (χ4v) is 3.69. The lowest BCUT2D eigenvalue weighted by atomic mass is 10.1. The highest BCUT2D eigenvalue weighted by Crippen LogP contribution is 2.33. The summed E-state index contributed by atoms with van der Waals surface area (Å²) >= 11 is 12.2. The number of aromatic nitrogens is 1. The average Bonchev–Trinajstić information content (AvgIpc) is 3.16. The largest absolute Gasteiger partial charge is 0.380 e. The summed E-state index contributed by atoms with van der Waals surface area (Å²) in [5.74, 6) is 0.744. The van der Waals surface area contributed by atoms with E-state index in [1.807, 2.05) is 9.80 Å². The highest BCUT2D eigenvalue weighted by molar-refractivity contribution is 6.36. The highest BCUT2D eigenvalue weighted by atomic mass is 35.5. The van der Waals surface area contributed by atoms with E-state index >= 15 is 0 Å². The van der Waals surface area contributed by atoms with Crippen LogP contribution in [0.5, 0.6) is 0 Å². The molecule has 1 aromatic heterocycles. The van der Waals surface area contributed by atoms with Crippen LogP contribution in [0.25, 0.3) is 0 Å². The maximum absolute atomic E-state index is 12.8. The SMILES string of the molecule is CO[C@H]1C[C@@H](C(=O)N2CCCC2)N(c2ncc(Cl)cc2Cl)C1. The molecule has 0 radical (unpaired) electrons. The molecule has 22 heavy (non-hydrogen) atoms. The summed E-state index contributed by atoms with van der Waals surface area (Å²) in [5, 5.41) is 0.946. The molecule has 0 saturated carbocycles. The van der Waals surface area contributed by atoms with Crippen molar-refractivity contribution in [3.63, 3.8) is 0 Å². The maximum Gasteiger partial charge on any atom is 0.245 e. The first kappa shape index (κ1) is 15.8. The number of carbonyl (C=O) groups is 1. The molecule has 2 aliphatic rings. The summed E-state index contributed by atoms with van der Waals surface area (Å²) in [6.07, 6.45) is 4.37. The van der Waals surface area contributed by atoms with E-state index in [0.717, 1.165) is 25.9 Å². The normalized spacial score (nSPS) is 25.0. The van der Waals surface area contributed by atoms with Gasteiger partial charge in [0, 0.05) is 39.4 Å². The van der Waals surface area contributed by atoms with Gasteiger partial charge in [0.15, 0.2) is 0 Å². The number of likely N-dealkylation sites (tertiary alicyclic amines) is 1. The van der Waals surface area contributed by atoms with Crippen molar-refractivity contribution in [1.82, 2.24) is 9.88 Å². The summed E-state index contributed by atoms with van der Waals surface area (Å²) in [7, 11) is 1.67. The van der Waals surface area contributed by atoms with Crippen molar-refractivity contribution in [3.8, 4) is 0 Å². The molecule has 0 unspecified atom stereocenters. The standard InChI is InChI=1S/C15H19Cl2N3O2/c1-22-11-7-13(15(21)19-4-2-3-5-19)20(9-11)14-12(17)6-10(16)8-18-14/h6,8,11,13H,2-5,7,9H2,1H3/t11-,13-/m0/s1. The molecule has 1 aromatic rings. The smallest absolute Gasteiger partial charge is 0.245 e. The number of amides is 1. The molecule has 0 N–H and O–H groups in total. The van der Waals surface area contributed by atoms with Crippen molar-refractivity contribution in [1.29, 1.82) is 0 Å². The quantitative estimate of drug-likeness (QED) is 0.846. The minimum atomic E-state index is -0.269. The molecule has 0 aliphatic carbocycles. The molecule has 3 heterocycles. The monoisotopic (exact) mass is 343 g/mol. The number of hydrogen-bond donors (Lipinski definition) is 0. The predicted molar refractivity (Wildman–Crippen MR) is 86.6 cm³/mol. The Kier molecular flexibility index (Phi) is 4.76. The third-order valence-corrected chi connectivity index (χ3v) is 4.84. The van der Waals surface area contributed by atoms with Gasteiger partial charge in [-0.2, -0.15) is 0 Å². The van der Waals surface area contributed by atoms with Crippen molar-refractivity contribution in [2.45, 2.75) is 31.4 Å². The number of hydrogen-bond acceptors (Lipinski definition) is 4. The molecule has 1 amide bonds. The van der Waals surface area contributed by atoms with Gasteiger partial charge in [-0.15, -0.1) is 0 Å². The molecule has 0 aromatic carbocycles. The third kappa shape index (κ3) is 3.03. The Labute approximate surface area is 140 Å². The maximum atomic E-state index is 12.8. The van der Waals surface area contributed by atoms with Crippen molar-refractivity contribution in [2.75, 3.05) is 31.6 Å². The molecule has 120 valence electrons. The van der Waals surface area contributed by atoms with Crippen LogP contribution in [0, 0.1) is 0 Å². The summed E-state index contributed by atoms with van der Waals surface area (Å²) < 4.78 is 5.46. The molecule has 2 saturated heterocycles. The average molecular weight is 344 g/mol. The lowest BCUT2D eigenvalue weighted by Gasteiger charge is -2.28. The zero-order valence-electron chi connectivity index (χ0n) is 12.5. The number of rotatable bonds is 3. The number of methoxy groups -OCH3 is 1. The van der Waals surface area contributed by atoms with Crippen LogP contribution in [0.3, 0.4) is 0 Å². The minimum absolute atomic E-state index is 0.00472. The van der Waals surface area contributed by atoms with Crippen LogP contribution < -0.4 is 4.90 Å². The first-order valence-corrected chi connectivity index (χ1v) is 8.25. The van der Waals surface area contributed by atoms with Gasteiger partial charge in [-0.3, -0.25) is 4.79 Å². The van der Waals surface area contributed by atoms with Gasteiger partial charge in [-0.25, -0.2) is 4.98 Å². The summed E-state index contributed by atoms with van der Waals surface area (Å²) in [4.78, 5) is 21.0. The van der Waals surface area contributed by atoms with E-state index in [1.165, 1.54) is 0 Å². The van der Waals surface area contributed by atoms with E-state index in [4.69, 9.17) is 27.9 Å². The third-order valence-electron chi connectivity index (χ3n) is 4.36. The van der Waals surface area contributed by atoms with E-state index in [2.05, 4.69) is 4.98 Å². The van der Waals surface area contributed by atoms with E-state index in [9.17, 15) is 4.79 Å². The summed E-state index contributed by atoms with van der Waals surface area (Å²) in [6, 6.07) is 1.39. The Morgan fingerprint density at radius 1 is 1.36 bits per heavy atom. The van der Waals surface area contributed by atoms with Crippen molar-refractivity contribution < 1.29 is 9.53 Å². The Hall–Kier alpha value is -1.04. The molecule has 3 rings (SSSR count). The van der Waals surface area contributed by atoms with Gasteiger partial charge < -0.3 is 14.5 Å². The van der Waals surface area contributed by atoms with Crippen molar-refractivity contribution >= 4 is 34.9 Å². The molecular formula is C15H19Cl2N3O2. The molecule has 2 aliphatic heterocycles. The summed E-state index contributed by atoms with van der Waals surface area (Å²) in [6.45, 7) is 2.28. The van der Waals surface area contributed by atoms with Crippen LogP contribution in [0.2, 0.25) is 10.0 Å². The Morgan fingerprint density at radius 3 is 2.73 bits per heavy atom. The van der Waals surface area contributed by atoms with Gasteiger partial charge in [0.05, 0.1) is 16.1 Å². The van der Waals surface area contributed by atoms with Gasteiger partial charge >= 0.3 is 0 Å². The van der Waals surface area contributed by atoms with Crippen LogP contribution >= 0.6 is 23.2 Å². The Morgan fingerprint density at radius 2 is 2.09 bits per heavy atom. The molecule has 7 heteroatoms. The first-order valence-electron chi connectivity index (χ1n) is 7.49. The van der Waals surface area contributed by atoms with E-state index in [0.29, 0.717) is 28.8 Å². The van der Waals surface area contributed by atoms with Crippen molar-refractivity contribution in [2.24, 2.45) is 0 Å². The second-order valence-electron chi connectivity index (χ2n) is 5.75. The second kappa shape index (κ2) is 6.60. The fraction of sp³-hybridized carbons (Fsp3) is 0.600. The Balaban J connectivity index is 1.87. The predicted octanol–water partition coefficient (Wildman–Crippen LogP) is 2.60.